The SMILES string of the molecule is CC(NC(=O)c1cccc(S(=O)(=O)Nc2ccccc2Cl)c1)c1ccc(F)c(F)c1. The highest BCUT2D eigenvalue weighted by atomic mass is 35.5. The molecule has 0 fully saturated rings. The fraction of sp³-hybridized carbons (Fsp3) is 0.0952. The van der Waals surface area contributed by atoms with E-state index in [1.54, 1.807) is 25.1 Å². The number of para-hydroxylation sites is 1. The highest BCUT2D eigenvalue weighted by Gasteiger charge is 2.19. The lowest BCUT2D eigenvalue weighted by Gasteiger charge is -2.15. The monoisotopic (exact) mass is 450 g/mol. The summed E-state index contributed by atoms with van der Waals surface area (Å²) in [5.74, 6) is -2.57. The first-order valence-electron chi connectivity index (χ1n) is 8.80. The van der Waals surface area contributed by atoms with E-state index in [0.717, 1.165) is 12.1 Å². The van der Waals surface area contributed by atoms with Gasteiger partial charge in [-0.15, -0.1) is 0 Å². The molecule has 0 aliphatic heterocycles. The molecule has 1 amide bonds. The standard InChI is InChI=1S/C21H17ClF2N2O3S/c1-13(14-9-10-18(23)19(24)12-14)25-21(27)15-5-4-6-16(11-15)30(28,29)26-20-8-3-2-7-17(20)22/h2-13,26H,1H3,(H,25,27). The Bertz CT molecular complexity index is 1200. The van der Waals surface area contributed by atoms with E-state index in [9.17, 15) is 22.0 Å². The average molecular weight is 451 g/mol. The Morgan fingerprint density at radius 2 is 1.70 bits per heavy atom. The van der Waals surface area contributed by atoms with Crippen molar-refractivity contribution in [3.63, 3.8) is 0 Å². The van der Waals surface area contributed by atoms with E-state index in [2.05, 4.69) is 10.0 Å². The molecular weight excluding hydrogens is 434 g/mol. The molecule has 0 radical (unpaired) electrons. The summed E-state index contributed by atoms with van der Waals surface area (Å²) in [5, 5.41) is 2.86. The summed E-state index contributed by atoms with van der Waals surface area (Å²) in [6.07, 6.45) is 0. The summed E-state index contributed by atoms with van der Waals surface area (Å²) < 4.78 is 54.2. The molecule has 156 valence electrons. The van der Waals surface area contributed by atoms with Gasteiger partial charge in [-0.1, -0.05) is 35.9 Å². The van der Waals surface area contributed by atoms with Gasteiger partial charge in [-0.25, -0.2) is 17.2 Å². The molecule has 0 bridgehead atoms. The summed E-state index contributed by atoms with van der Waals surface area (Å²) >= 11 is 5.99. The van der Waals surface area contributed by atoms with Crippen molar-refractivity contribution in [2.45, 2.75) is 17.9 Å². The molecule has 0 heterocycles. The minimum atomic E-state index is -3.99. The summed E-state index contributed by atoms with van der Waals surface area (Å²) in [6.45, 7) is 1.60. The topological polar surface area (TPSA) is 75.3 Å². The highest BCUT2D eigenvalue weighted by Crippen LogP contribution is 2.24. The van der Waals surface area contributed by atoms with Crippen LogP contribution in [0.25, 0.3) is 0 Å². The molecule has 2 N–H and O–H groups in total. The van der Waals surface area contributed by atoms with Gasteiger partial charge in [-0.05, 0) is 55.0 Å². The van der Waals surface area contributed by atoms with Gasteiger partial charge in [0.05, 0.1) is 21.6 Å². The van der Waals surface area contributed by atoms with Gasteiger partial charge in [0.2, 0.25) is 0 Å². The van der Waals surface area contributed by atoms with Crippen LogP contribution in [0.2, 0.25) is 5.02 Å². The van der Waals surface area contributed by atoms with Crippen LogP contribution in [-0.4, -0.2) is 14.3 Å². The van der Waals surface area contributed by atoms with E-state index in [1.165, 1.54) is 36.4 Å². The van der Waals surface area contributed by atoms with Crippen molar-refractivity contribution >= 4 is 33.2 Å². The molecular formula is C21H17ClF2N2O3S. The van der Waals surface area contributed by atoms with Crippen LogP contribution in [0.1, 0.15) is 28.9 Å². The third-order valence-corrected chi connectivity index (χ3v) is 6.01. The normalized spacial score (nSPS) is 12.3. The maximum Gasteiger partial charge on any atom is 0.261 e. The Balaban J connectivity index is 1.79. The molecule has 3 aromatic carbocycles. The van der Waals surface area contributed by atoms with Gasteiger partial charge in [-0.3, -0.25) is 9.52 Å². The van der Waals surface area contributed by atoms with Gasteiger partial charge in [0.1, 0.15) is 0 Å². The fourth-order valence-corrected chi connectivity index (χ4v) is 4.06. The maximum atomic E-state index is 13.4. The molecule has 0 aliphatic carbocycles. The molecule has 5 nitrogen and oxygen atoms in total. The predicted octanol–water partition coefficient (Wildman–Crippen LogP) is 4.91. The average Bonchev–Trinajstić information content (AvgIpc) is 2.71. The molecule has 30 heavy (non-hydrogen) atoms. The third kappa shape index (κ3) is 4.95. The number of carbonyl (C=O) groups is 1. The maximum absolute atomic E-state index is 13.4. The van der Waals surface area contributed by atoms with E-state index >= 15 is 0 Å². The summed E-state index contributed by atoms with van der Waals surface area (Å²) in [5.41, 5.74) is 0.666. The number of sulfonamides is 1. The number of halogens is 3. The van der Waals surface area contributed by atoms with Crippen LogP contribution in [0.5, 0.6) is 0 Å². The van der Waals surface area contributed by atoms with Crippen molar-refractivity contribution < 1.29 is 22.0 Å². The lowest BCUT2D eigenvalue weighted by atomic mass is 10.1. The lowest BCUT2D eigenvalue weighted by molar-refractivity contribution is 0.0939. The molecule has 0 spiro atoms. The summed E-state index contributed by atoms with van der Waals surface area (Å²) in [7, 11) is -3.99. The second-order valence-electron chi connectivity index (χ2n) is 6.48. The predicted molar refractivity (Wildman–Crippen MR) is 111 cm³/mol. The zero-order chi connectivity index (χ0) is 21.9. The number of hydrogen-bond donors (Lipinski definition) is 2. The van der Waals surface area contributed by atoms with Crippen LogP contribution in [0.15, 0.2) is 71.6 Å². The molecule has 0 aliphatic rings. The second-order valence-corrected chi connectivity index (χ2v) is 8.57. The van der Waals surface area contributed by atoms with E-state index in [0.29, 0.717) is 5.56 Å². The van der Waals surface area contributed by atoms with Gasteiger partial charge >= 0.3 is 0 Å². The van der Waals surface area contributed by atoms with Gasteiger partial charge in [0, 0.05) is 5.56 Å². The van der Waals surface area contributed by atoms with Gasteiger partial charge in [0.15, 0.2) is 11.6 Å². The number of rotatable bonds is 6. The van der Waals surface area contributed by atoms with Crippen LogP contribution in [-0.2, 0) is 10.0 Å². The first-order valence-corrected chi connectivity index (χ1v) is 10.7. The zero-order valence-corrected chi connectivity index (χ0v) is 17.3. The van der Waals surface area contributed by atoms with Gasteiger partial charge < -0.3 is 5.32 Å². The van der Waals surface area contributed by atoms with Crippen LogP contribution in [0.4, 0.5) is 14.5 Å². The zero-order valence-electron chi connectivity index (χ0n) is 15.7. The van der Waals surface area contributed by atoms with Crippen molar-refractivity contribution in [1.82, 2.24) is 5.32 Å². The number of benzene rings is 3. The van der Waals surface area contributed by atoms with E-state index < -0.39 is 33.6 Å². The van der Waals surface area contributed by atoms with Gasteiger partial charge in [-0.2, -0.15) is 0 Å². The van der Waals surface area contributed by atoms with Crippen molar-refractivity contribution in [2.24, 2.45) is 0 Å². The minimum absolute atomic E-state index is 0.0893. The Hall–Kier alpha value is -2.97. The first-order chi connectivity index (χ1) is 14.2. The highest BCUT2D eigenvalue weighted by molar-refractivity contribution is 7.92. The Morgan fingerprint density at radius 3 is 2.40 bits per heavy atom. The van der Waals surface area contributed by atoms with Crippen molar-refractivity contribution in [3.05, 3.63) is 94.5 Å². The third-order valence-electron chi connectivity index (χ3n) is 4.32. The van der Waals surface area contributed by atoms with E-state index in [4.69, 9.17) is 11.6 Å². The van der Waals surface area contributed by atoms with Crippen LogP contribution >= 0.6 is 11.6 Å². The summed E-state index contributed by atoms with van der Waals surface area (Å²) in [4.78, 5) is 12.4. The first kappa shape index (κ1) is 21.7. The van der Waals surface area contributed by atoms with E-state index in [-0.39, 0.29) is 21.2 Å². The lowest BCUT2D eigenvalue weighted by Crippen LogP contribution is -2.27. The molecule has 9 heteroatoms. The Morgan fingerprint density at radius 1 is 0.967 bits per heavy atom. The van der Waals surface area contributed by atoms with Gasteiger partial charge in [0.25, 0.3) is 15.9 Å². The Kier molecular flexibility index (Phi) is 6.38. The fourth-order valence-electron chi connectivity index (χ4n) is 2.70. The Labute approximate surface area is 177 Å². The van der Waals surface area contributed by atoms with Crippen LogP contribution in [0.3, 0.4) is 0 Å². The number of amides is 1. The number of anilines is 1. The largest absolute Gasteiger partial charge is 0.346 e. The quantitative estimate of drug-likeness (QED) is 0.560. The molecule has 1 atom stereocenters. The molecule has 0 saturated heterocycles. The molecule has 3 rings (SSSR count). The number of nitrogens with one attached hydrogen (secondary N) is 2. The molecule has 1 unspecified atom stereocenters. The smallest absolute Gasteiger partial charge is 0.261 e. The van der Waals surface area contributed by atoms with Crippen LogP contribution in [0, 0.1) is 11.6 Å². The second kappa shape index (κ2) is 8.81. The number of carbonyl (C=O) groups excluding carboxylic acids is 1. The minimum Gasteiger partial charge on any atom is -0.346 e. The molecule has 3 aromatic rings. The van der Waals surface area contributed by atoms with Crippen LogP contribution < -0.4 is 10.0 Å². The van der Waals surface area contributed by atoms with E-state index in [1.807, 2.05) is 0 Å². The van der Waals surface area contributed by atoms with Crippen molar-refractivity contribution in [1.29, 1.82) is 0 Å². The van der Waals surface area contributed by atoms with Crippen molar-refractivity contribution in [3.8, 4) is 0 Å². The number of hydrogen-bond acceptors (Lipinski definition) is 3. The van der Waals surface area contributed by atoms with Crippen molar-refractivity contribution in [2.75, 3.05) is 4.72 Å². The molecule has 0 saturated carbocycles. The molecule has 0 aromatic heterocycles. The summed E-state index contributed by atoms with van der Waals surface area (Å²) in [6, 6.07) is 14.5.